The van der Waals surface area contributed by atoms with Crippen molar-refractivity contribution in [2.24, 2.45) is 0 Å². The van der Waals surface area contributed by atoms with Crippen molar-refractivity contribution in [2.75, 3.05) is 5.32 Å². The highest BCUT2D eigenvalue weighted by Crippen LogP contribution is 2.28. The van der Waals surface area contributed by atoms with Crippen molar-refractivity contribution in [2.45, 2.75) is 19.9 Å². The van der Waals surface area contributed by atoms with E-state index in [0.717, 1.165) is 11.1 Å². The number of aryl methyl sites for hydroxylation is 1. The Morgan fingerprint density at radius 3 is 2.48 bits per heavy atom. The molecule has 0 bridgehead atoms. The molecule has 0 radical (unpaired) electrons. The van der Waals surface area contributed by atoms with Gasteiger partial charge in [-0.1, -0.05) is 42.0 Å². The Balaban J connectivity index is 1.96. The first-order valence-electron chi connectivity index (χ1n) is 7.86. The zero-order valence-electron chi connectivity index (χ0n) is 13.9. The normalized spacial score (nSPS) is 16.9. The number of hydrogen-bond acceptors (Lipinski definition) is 2. The Morgan fingerprint density at radius 2 is 1.80 bits per heavy atom. The molecule has 2 aromatic carbocycles. The van der Waals surface area contributed by atoms with Crippen molar-refractivity contribution in [1.82, 2.24) is 10.6 Å². The molecule has 2 aromatic rings. The summed E-state index contributed by atoms with van der Waals surface area (Å²) in [5.41, 5.74) is 3.29. The van der Waals surface area contributed by atoms with Crippen LogP contribution in [0.3, 0.4) is 0 Å². The largest absolute Gasteiger partial charge is 0.351 e. The van der Waals surface area contributed by atoms with Crippen LogP contribution in [-0.4, -0.2) is 11.0 Å². The van der Waals surface area contributed by atoms with Gasteiger partial charge >= 0.3 is 0 Å². The lowest BCUT2D eigenvalue weighted by Gasteiger charge is -2.30. The van der Waals surface area contributed by atoms with Crippen molar-refractivity contribution in [3.05, 3.63) is 76.7 Å². The Kier molecular flexibility index (Phi) is 4.81. The second-order valence-corrected chi connectivity index (χ2v) is 6.32. The molecular formula is C19H18FN3OS. The van der Waals surface area contributed by atoms with Crippen LogP contribution in [0.15, 0.2) is 59.8 Å². The minimum atomic E-state index is -0.478. The van der Waals surface area contributed by atoms with E-state index in [1.165, 1.54) is 12.1 Å². The molecule has 0 aromatic heterocycles. The maximum Gasteiger partial charge on any atom is 0.255 e. The van der Waals surface area contributed by atoms with E-state index >= 15 is 0 Å². The number of allylic oxidation sites excluding steroid dienone is 1. The number of anilines is 1. The van der Waals surface area contributed by atoms with Crippen LogP contribution in [0.4, 0.5) is 10.1 Å². The average Bonchev–Trinajstić information content (AvgIpc) is 2.57. The van der Waals surface area contributed by atoms with Crippen LogP contribution in [0, 0.1) is 12.7 Å². The molecule has 1 heterocycles. The van der Waals surface area contributed by atoms with Gasteiger partial charge in [-0.15, -0.1) is 0 Å². The molecule has 0 saturated carbocycles. The van der Waals surface area contributed by atoms with E-state index in [2.05, 4.69) is 16.0 Å². The predicted octanol–water partition coefficient (Wildman–Crippen LogP) is 3.57. The van der Waals surface area contributed by atoms with Gasteiger partial charge in [-0.05, 0) is 43.8 Å². The lowest BCUT2D eigenvalue weighted by molar-refractivity contribution is -0.113. The summed E-state index contributed by atoms with van der Waals surface area (Å²) in [4.78, 5) is 12.8. The van der Waals surface area contributed by atoms with Gasteiger partial charge in [0.05, 0.1) is 17.3 Å². The number of amides is 1. The van der Waals surface area contributed by atoms with E-state index < -0.39 is 11.9 Å². The van der Waals surface area contributed by atoms with Crippen molar-refractivity contribution >= 4 is 28.9 Å². The Labute approximate surface area is 151 Å². The van der Waals surface area contributed by atoms with Crippen molar-refractivity contribution < 1.29 is 9.18 Å². The maximum atomic E-state index is 13.9. The van der Waals surface area contributed by atoms with E-state index in [0.29, 0.717) is 16.4 Å². The number of thiocarbonyl (C=S) groups is 1. The van der Waals surface area contributed by atoms with Crippen molar-refractivity contribution in [1.29, 1.82) is 0 Å². The standard InChI is InChI=1S/C19H18FN3OS/c1-11-7-9-13(10-8-11)17-16(12(2)21-19(25)23-17)18(24)22-15-6-4-3-5-14(15)20/h3-10,17H,1-2H3,(H,22,24)(H2,21,23,25)/t17-/m1/s1. The van der Waals surface area contributed by atoms with E-state index in [-0.39, 0.29) is 11.6 Å². The first-order chi connectivity index (χ1) is 12.0. The fourth-order valence-corrected chi connectivity index (χ4v) is 3.03. The third-order valence-electron chi connectivity index (χ3n) is 4.05. The van der Waals surface area contributed by atoms with Gasteiger partial charge in [0.1, 0.15) is 5.82 Å². The van der Waals surface area contributed by atoms with Gasteiger partial charge in [-0.2, -0.15) is 0 Å². The Hall–Kier alpha value is -2.73. The van der Waals surface area contributed by atoms with Gasteiger partial charge < -0.3 is 16.0 Å². The predicted molar refractivity (Wildman–Crippen MR) is 101 cm³/mol. The molecule has 128 valence electrons. The average molecular weight is 355 g/mol. The Bertz CT molecular complexity index is 861. The summed E-state index contributed by atoms with van der Waals surface area (Å²) >= 11 is 5.23. The van der Waals surface area contributed by atoms with Crippen molar-refractivity contribution in [3.8, 4) is 0 Å². The number of halogens is 1. The van der Waals surface area contributed by atoms with Gasteiger partial charge in [0.2, 0.25) is 0 Å². The molecule has 0 fully saturated rings. The fourth-order valence-electron chi connectivity index (χ4n) is 2.76. The molecule has 3 N–H and O–H groups in total. The van der Waals surface area contributed by atoms with E-state index in [1.807, 2.05) is 31.2 Å². The highest BCUT2D eigenvalue weighted by molar-refractivity contribution is 7.80. The van der Waals surface area contributed by atoms with Crippen LogP contribution in [0.5, 0.6) is 0 Å². The van der Waals surface area contributed by atoms with Gasteiger partial charge in [0.15, 0.2) is 5.11 Å². The molecule has 4 nitrogen and oxygen atoms in total. The molecule has 6 heteroatoms. The number of hydrogen-bond donors (Lipinski definition) is 3. The van der Waals surface area contributed by atoms with Crippen LogP contribution in [0.1, 0.15) is 24.1 Å². The van der Waals surface area contributed by atoms with Crippen molar-refractivity contribution in [3.63, 3.8) is 0 Å². The molecule has 0 spiro atoms. The summed E-state index contributed by atoms with van der Waals surface area (Å²) in [7, 11) is 0. The molecule has 1 atom stereocenters. The number of benzene rings is 2. The smallest absolute Gasteiger partial charge is 0.255 e. The third-order valence-corrected chi connectivity index (χ3v) is 4.27. The third kappa shape index (κ3) is 3.69. The highest BCUT2D eigenvalue weighted by Gasteiger charge is 2.30. The molecule has 0 unspecified atom stereocenters. The number of carbonyl (C=O) groups excluding carboxylic acids is 1. The molecule has 0 aliphatic carbocycles. The molecule has 1 amide bonds. The van der Waals surface area contributed by atoms with Gasteiger partial charge in [0, 0.05) is 5.70 Å². The van der Waals surface area contributed by atoms with Gasteiger partial charge in [-0.25, -0.2) is 4.39 Å². The van der Waals surface area contributed by atoms with Crippen LogP contribution < -0.4 is 16.0 Å². The fraction of sp³-hybridized carbons (Fsp3) is 0.158. The molecule has 1 aliphatic rings. The zero-order valence-corrected chi connectivity index (χ0v) is 14.7. The summed E-state index contributed by atoms with van der Waals surface area (Å²) in [6.07, 6.45) is 0. The number of nitrogens with one attached hydrogen (secondary N) is 3. The SMILES string of the molecule is CC1=C(C(=O)Nc2ccccc2F)[C@@H](c2ccc(C)cc2)NC(=S)N1. The van der Waals surface area contributed by atoms with Crippen LogP contribution >= 0.6 is 12.2 Å². The lowest BCUT2D eigenvalue weighted by Crippen LogP contribution is -2.45. The molecule has 3 rings (SSSR count). The lowest BCUT2D eigenvalue weighted by atomic mass is 9.94. The zero-order chi connectivity index (χ0) is 18.0. The van der Waals surface area contributed by atoms with Crippen LogP contribution in [0.2, 0.25) is 0 Å². The minimum absolute atomic E-state index is 0.142. The monoisotopic (exact) mass is 355 g/mol. The topological polar surface area (TPSA) is 53.2 Å². The maximum absolute atomic E-state index is 13.9. The number of carbonyl (C=O) groups is 1. The summed E-state index contributed by atoms with van der Waals surface area (Å²) < 4.78 is 13.9. The summed E-state index contributed by atoms with van der Waals surface area (Å²) in [6.45, 7) is 3.78. The molecule has 0 saturated heterocycles. The summed E-state index contributed by atoms with van der Waals surface area (Å²) in [5.74, 6) is -0.857. The Morgan fingerprint density at radius 1 is 1.12 bits per heavy atom. The summed E-state index contributed by atoms with van der Waals surface area (Å²) in [5, 5.41) is 9.18. The number of para-hydroxylation sites is 1. The quantitative estimate of drug-likeness (QED) is 0.737. The number of rotatable bonds is 3. The minimum Gasteiger partial charge on any atom is -0.351 e. The van der Waals surface area contributed by atoms with Gasteiger partial charge in [-0.3, -0.25) is 4.79 Å². The molecular weight excluding hydrogens is 337 g/mol. The van der Waals surface area contributed by atoms with Gasteiger partial charge in [0.25, 0.3) is 5.91 Å². The second-order valence-electron chi connectivity index (χ2n) is 5.91. The molecule has 25 heavy (non-hydrogen) atoms. The van der Waals surface area contributed by atoms with Crippen LogP contribution in [-0.2, 0) is 4.79 Å². The van der Waals surface area contributed by atoms with E-state index in [4.69, 9.17) is 12.2 Å². The van der Waals surface area contributed by atoms with E-state index in [9.17, 15) is 9.18 Å². The second kappa shape index (κ2) is 7.03. The summed E-state index contributed by atoms with van der Waals surface area (Å²) in [6, 6.07) is 13.5. The van der Waals surface area contributed by atoms with E-state index in [1.54, 1.807) is 19.1 Å². The molecule has 1 aliphatic heterocycles. The highest BCUT2D eigenvalue weighted by atomic mass is 32.1. The first-order valence-corrected chi connectivity index (χ1v) is 8.27. The van der Waals surface area contributed by atoms with Crippen LogP contribution in [0.25, 0.3) is 0 Å². The first kappa shape index (κ1) is 17.1.